The molecule has 2 aromatic rings. The lowest BCUT2D eigenvalue weighted by molar-refractivity contribution is 0.101. The predicted molar refractivity (Wildman–Crippen MR) is 101 cm³/mol. The predicted octanol–water partition coefficient (Wildman–Crippen LogP) is 2.16. The van der Waals surface area contributed by atoms with E-state index in [4.69, 9.17) is 0 Å². The number of carbonyl (C=O) groups excluding carboxylic acids is 1. The highest BCUT2D eigenvalue weighted by atomic mass is 32.2. The van der Waals surface area contributed by atoms with Crippen molar-refractivity contribution in [2.24, 2.45) is 13.0 Å². The van der Waals surface area contributed by atoms with Gasteiger partial charge in [0.25, 0.3) is 5.91 Å². The highest BCUT2D eigenvalue weighted by Gasteiger charge is 2.25. The van der Waals surface area contributed by atoms with Crippen molar-refractivity contribution in [1.29, 1.82) is 0 Å². The molecule has 2 aromatic heterocycles. The smallest absolute Gasteiger partial charge is 0.274 e. The molecule has 0 spiro atoms. The van der Waals surface area contributed by atoms with Crippen LogP contribution in [-0.4, -0.2) is 45.8 Å². The zero-order valence-corrected chi connectivity index (χ0v) is 16.7. The molecule has 0 aromatic carbocycles. The van der Waals surface area contributed by atoms with Gasteiger partial charge in [0.15, 0.2) is 0 Å². The number of anilines is 1. The molecule has 2 rings (SSSR count). The summed E-state index contributed by atoms with van der Waals surface area (Å²) in [6.07, 6.45) is 4.89. The van der Waals surface area contributed by atoms with E-state index in [1.54, 1.807) is 33.3 Å². The fraction of sp³-hybridized carbons (Fsp3) is 0.529. The van der Waals surface area contributed by atoms with Crippen LogP contribution < -0.4 is 5.32 Å². The topological polar surface area (TPSA) is 89.2 Å². The minimum absolute atomic E-state index is 0.111. The number of sulfonamides is 1. The normalized spacial score (nSPS) is 12.1. The summed E-state index contributed by atoms with van der Waals surface area (Å²) in [6.45, 7) is 9.20. The first-order chi connectivity index (χ1) is 12.2. The Balaban J connectivity index is 2.27. The van der Waals surface area contributed by atoms with Gasteiger partial charge in [-0.05, 0) is 12.0 Å². The number of aryl methyl sites for hydroxylation is 1. The number of amides is 1. The summed E-state index contributed by atoms with van der Waals surface area (Å²) in [5.41, 5.74) is 0.259. The van der Waals surface area contributed by atoms with Crippen LogP contribution in [0.15, 0.2) is 29.6 Å². The quantitative estimate of drug-likeness (QED) is 0.759. The third-order valence-corrected chi connectivity index (χ3v) is 6.07. The van der Waals surface area contributed by atoms with Gasteiger partial charge in [0.1, 0.15) is 10.6 Å². The van der Waals surface area contributed by atoms with Gasteiger partial charge in [-0.2, -0.15) is 4.31 Å². The minimum atomic E-state index is -3.61. The molecule has 0 unspecified atom stereocenters. The van der Waals surface area contributed by atoms with Crippen molar-refractivity contribution < 1.29 is 13.2 Å². The summed E-state index contributed by atoms with van der Waals surface area (Å²) in [5.74, 6) is 0.448. The molecule has 0 bridgehead atoms. The van der Waals surface area contributed by atoms with Crippen LogP contribution in [0.3, 0.4) is 0 Å². The van der Waals surface area contributed by atoms with Gasteiger partial charge >= 0.3 is 0 Å². The van der Waals surface area contributed by atoms with E-state index in [0.717, 1.165) is 6.54 Å². The molecule has 0 saturated carbocycles. The van der Waals surface area contributed by atoms with Crippen LogP contribution in [0.25, 0.3) is 0 Å². The number of hydrogen-bond acceptors (Lipinski definition) is 4. The number of imidazole rings is 1. The van der Waals surface area contributed by atoms with Crippen LogP contribution in [0, 0.1) is 5.92 Å². The summed E-state index contributed by atoms with van der Waals surface area (Å²) < 4.78 is 30.0. The average molecular weight is 382 g/mol. The van der Waals surface area contributed by atoms with Gasteiger partial charge in [-0.25, -0.2) is 13.4 Å². The Morgan fingerprint density at radius 2 is 1.96 bits per heavy atom. The number of aromatic nitrogens is 3. The lowest BCUT2D eigenvalue weighted by atomic mass is 10.2. The SMILES string of the molecule is CCN(CC)S(=O)(=O)c1cc(C(=O)Nc2nccn2CC(C)C)n(C)c1. The molecule has 144 valence electrons. The first kappa shape index (κ1) is 20.2. The maximum Gasteiger partial charge on any atom is 0.274 e. The first-order valence-electron chi connectivity index (χ1n) is 8.69. The van der Waals surface area contributed by atoms with Gasteiger partial charge in [0, 0.05) is 45.3 Å². The van der Waals surface area contributed by atoms with Gasteiger partial charge in [-0.15, -0.1) is 0 Å². The second-order valence-corrected chi connectivity index (χ2v) is 8.45. The average Bonchev–Trinajstić information content (AvgIpc) is 3.15. The van der Waals surface area contributed by atoms with Gasteiger partial charge in [0.2, 0.25) is 16.0 Å². The Labute approximate surface area is 154 Å². The lowest BCUT2D eigenvalue weighted by Gasteiger charge is -2.17. The molecule has 8 nitrogen and oxygen atoms in total. The van der Waals surface area contributed by atoms with Crippen molar-refractivity contribution in [3.63, 3.8) is 0 Å². The van der Waals surface area contributed by atoms with Crippen molar-refractivity contribution >= 4 is 21.9 Å². The molecule has 0 aliphatic carbocycles. The zero-order chi connectivity index (χ0) is 19.5. The standard InChI is InChI=1S/C17H27N5O3S/c1-6-22(7-2)26(24,25)14-10-15(20(5)12-14)16(23)19-17-18-8-9-21(17)11-13(3)4/h8-10,12-13H,6-7,11H2,1-5H3,(H,18,19,23). The first-order valence-corrected chi connectivity index (χ1v) is 10.1. The molecule has 0 aliphatic heterocycles. The molecule has 0 radical (unpaired) electrons. The Morgan fingerprint density at radius 1 is 1.31 bits per heavy atom. The Kier molecular flexibility index (Phi) is 6.25. The van der Waals surface area contributed by atoms with Gasteiger partial charge in [-0.3, -0.25) is 10.1 Å². The van der Waals surface area contributed by atoms with Crippen LogP contribution in [0.1, 0.15) is 38.2 Å². The lowest BCUT2D eigenvalue weighted by Crippen LogP contribution is -2.30. The number of carbonyl (C=O) groups is 1. The van der Waals surface area contributed by atoms with Gasteiger partial charge < -0.3 is 9.13 Å². The summed E-state index contributed by atoms with van der Waals surface area (Å²) in [5, 5.41) is 2.76. The Morgan fingerprint density at radius 3 is 2.54 bits per heavy atom. The van der Waals surface area contributed by atoms with Crippen LogP contribution in [-0.2, 0) is 23.6 Å². The Bertz CT molecular complexity index is 863. The molecule has 0 atom stereocenters. The molecule has 0 aliphatic rings. The molecular formula is C17H27N5O3S. The van der Waals surface area contributed by atoms with Crippen LogP contribution >= 0.6 is 0 Å². The summed E-state index contributed by atoms with van der Waals surface area (Å²) in [7, 11) is -1.96. The third-order valence-electron chi connectivity index (χ3n) is 4.06. The number of rotatable bonds is 8. The largest absolute Gasteiger partial charge is 0.345 e. The molecule has 9 heteroatoms. The second-order valence-electron chi connectivity index (χ2n) is 6.51. The summed E-state index contributed by atoms with van der Waals surface area (Å²) >= 11 is 0. The van der Waals surface area contributed by atoms with E-state index in [1.807, 2.05) is 4.57 Å². The highest BCUT2D eigenvalue weighted by molar-refractivity contribution is 7.89. The van der Waals surface area contributed by atoms with E-state index in [9.17, 15) is 13.2 Å². The van der Waals surface area contributed by atoms with E-state index in [0.29, 0.717) is 25.0 Å². The summed E-state index contributed by atoms with van der Waals surface area (Å²) in [6, 6.07) is 1.40. The molecule has 1 N–H and O–H groups in total. The van der Waals surface area contributed by atoms with Crippen molar-refractivity contribution in [2.75, 3.05) is 18.4 Å². The van der Waals surface area contributed by atoms with Crippen molar-refractivity contribution in [1.82, 2.24) is 18.4 Å². The fourth-order valence-electron chi connectivity index (χ4n) is 2.75. The van der Waals surface area contributed by atoms with Crippen molar-refractivity contribution in [3.8, 4) is 0 Å². The maximum atomic E-state index is 12.6. The van der Waals surface area contributed by atoms with Crippen LogP contribution in [0.4, 0.5) is 5.95 Å². The highest BCUT2D eigenvalue weighted by Crippen LogP contribution is 2.19. The number of nitrogens with one attached hydrogen (secondary N) is 1. The molecular weight excluding hydrogens is 354 g/mol. The molecule has 26 heavy (non-hydrogen) atoms. The summed E-state index contributed by atoms with van der Waals surface area (Å²) in [4.78, 5) is 16.9. The maximum absolute atomic E-state index is 12.6. The fourth-order valence-corrected chi connectivity index (χ4v) is 4.28. The molecule has 0 fully saturated rings. The van der Waals surface area contributed by atoms with E-state index in [-0.39, 0.29) is 10.6 Å². The van der Waals surface area contributed by atoms with Crippen LogP contribution in [0.2, 0.25) is 0 Å². The Hall–Kier alpha value is -2.13. The van der Waals surface area contributed by atoms with Crippen LogP contribution in [0.5, 0.6) is 0 Å². The molecule has 0 saturated heterocycles. The number of nitrogens with zero attached hydrogens (tertiary/aromatic N) is 4. The minimum Gasteiger partial charge on any atom is -0.345 e. The van der Waals surface area contributed by atoms with E-state index < -0.39 is 15.9 Å². The van der Waals surface area contributed by atoms with E-state index in [2.05, 4.69) is 24.1 Å². The third kappa shape index (κ3) is 4.16. The van der Waals surface area contributed by atoms with E-state index in [1.165, 1.54) is 21.1 Å². The molecule has 1 amide bonds. The van der Waals surface area contributed by atoms with Crippen molar-refractivity contribution in [3.05, 3.63) is 30.4 Å². The van der Waals surface area contributed by atoms with Crippen molar-refractivity contribution in [2.45, 2.75) is 39.1 Å². The monoisotopic (exact) mass is 381 g/mol. The number of hydrogen-bond donors (Lipinski definition) is 1. The molecule has 2 heterocycles. The zero-order valence-electron chi connectivity index (χ0n) is 15.9. The van der Waals surface area contributed by atoms with E-state index >= 15 is 0 Å². The van der Waals surface area contributed by atoms with Gasteiger partial charge in [-0.1, -0.05) is 27.7 Å². The van der Waals surface area contributed by atoms with Gasteiger partial charge in [0.05, 0.1) is 0 Å². The second kappa shape index (κ2) is 8.05.